The Morgan fingerprint density at radius 3 is 2.65 bits per heavy atom. The molecule has 8 heteroatoms. The number of nitrogen functional groups attached to an aromatic ring is 1. The molecule has 0 saturated carbocycles. The van der Waals surface area contributed by atoms with Crippen molar-refractivity contribution in [2.45, 2.75) is 27.7 Å². The van der Waals surface area contributed by atoms with E-state index in [4.69, 9.17) is 5.73 Å². The highest BCUT2D eigenvalue weighted by molar-refractivity contribution is 7.86. The summed E-state index contributed by atoms with van der Waals surface area (Å²) in [5, 5.41) is 5.18. The van der Waals surface area contributed by atoms with Gasteiger partial charge in [0.15, 0.2) is 0 Å². The van der Waals surface area contributed by atoms with Gasteiger partial charge in [0.05, 0.1) is 16.6 Å². The lowest BCUT2D eigenvalue weighted by Gasteiger charge is -2.07. The van der Waals surface area contributed by atoms with Crippen LogP contribution >= 0.6 is 0 Å². The molecule has 0 aliphatic carbocycles. The summed E-state index contributed by atoms with van der Waals surface area (Å²) < 4.78 is 30.2. The van der Waals surface area contributed by atoms with Crippen LogP contribution in [0.1, 0.15) is 26.3 Å². The molecule has 0 aliphatic rings. The second kappa shape index (κ2) is 8.27. The number of nitrogens with two attached hydrogens (primary N) is 1. The second-order valence-corrected chi connectivity index (χ2v) is 6.93. The number of aryl methyl sites for hydroxylation is 2. The predicted molar refractivity (Wildman–Crippen MR) is 107 cm³/mol. The molecule has 0 saturated heterocycles. The first-order valence-corrected chi connectivity index (χ1v) is 9.77. The summed E-state index contributed by atoms with van der Waals surface area (Å²) >= 11 is 0. The average Bonchev–Trinajstić information content (AvgIpc) is 3.00. The molecule has 0 radical (unpaired) electrons. The molecule has 1 atom stereocenters. The maximum Gasteiger partial charge on any atom is 0.147 e. The number of nitrogens with zero attached hydrogens (tertiary/aromatic N) is 3. The van der Waals surface area contributed by atoms with Gasteiger partial charge in [-0.3, -0.25) is 4.68 Å². The monoisotopic (exact) mass is 377 g/mol. The third-order valence-electron chi connectivity index (χ3n) is 3.80. The van der Waals surface area contributed by atoms with Crippen LogP contribution in [0.3, 0.4) is 0 Å². The van der Waals surface area contributed by atoms with Crippen LogP contribution in [0.2, 0.25) is 0 Å². The summed E-state index contributed by atoms with van der Waals surface area (Å²) in [7, 11) is 0.510. The zero-order chi connectivity index (χ0) is 19.4. The zero-order valence-electron chi connectivity index (χ0n) is 15.6. The van der Waals surface area contributed by atoms with Crippen molar-refractivity contribution in [1.82, 2.24) is 14.8 Å². The van der Waals surface area contributed by atoms with Gasteiger partial charge in [-0.1, -0.05) is 26.8 Å². The Balaban J connectivity index is 0.00000117. The van der Waals surface area contributed by atoms with Gasteiger partial charge in [-0.2, -0.15) is 5.10 Å². The van der Waals surface area contributed by atoms with Crippen LogP contribution in [0.5, 0.6) is 0 Å². The van der Waals surface area contributed by atoms with Gasteiger partial charge < -0.3 is 10.5 Å². The Labute approximate surface area is 155 Å². The largest absolute Gasteiger partial charge is 0.383 e. The lowest BCUT2D eigenvalue weighted by atomic mass is 10.1. The van der Waals surface area contributed by atoms with E-state index in [-0.39, 0.29) is 5.69 Å². The Morgan fingerprint density at radius 1 is 1.35 bits per heavy atom. The molecule has 2 aromatic heterocycles. The van der Waals surface area contributed by atoms with E-state index in [1.807, 2.05) is 27.8 Å². The average molecular weight is 377 g/mol. The van der Waals surface area contributed by atoms with Crippen molar-refractivity contribution in [3.63, 3.8) is 0 Å². The lowest BCUT2D eigenvalue weighted by molar-refractivity contribution is 0.632. The summed E-state index contributed by atoms with van der Waals surface area (Å²) in [5.74, 6) is 0.258. The van der Waals surface area contributed by atoms with Crippen LogP contribution in [0, 0.1) is 12.7 Å². The zero-order valence-corrected chi connectivity index (χ0v) is 16.4. The number of benzene rings is 1. The van der Waals surface area contributed by atoms with E-state index in [2.05, 4.69) is 14.8 Å². The number of anilines is 2. The molecule has 3 aromatic rings. The van der Waals surface area contributed by atoms with Crippen LogP contribution in [0.25, 0.3) is 22.2 Å². The molecule has 0 spiro atoms. The molecule has 1 aromatic carbocycles. The van der Waals surface area contributed by atoms with E-state index >= 15 is 0 Å². The normalized spacial score (nSPS) is 11.8. The molecule has 140 valence electrons. The van der Waals surface area contributed by atoms with E-state index in [0.717, 1.165) is 11.1 Å². The van der Waals surface area contributed by atoms with Gasteiger partial charge in [0.2, 0.25) is 0 Å². The Morgan fingerprint density at radius 2 is 2.04 bits per heavy atom. The standard InChI is InChI=1S/C16H18FN5OS.C2H6/c1-4-24(23)21-12-6-5-10(7-11(12)17)14-13-15(22(3)20-14)9(2)8-19-16(13)18;1-2/h5-8,21H,4H2,1-3H3,(H2,18,19);1-2H3. The molecule has 3 N–H and O–H groups in total. The number of hydrogen-bond acceptors (Lipinski definition) is 4. The number of rotatable bonds is 4. The van der Waals surface area contributed by atoms with E-state index < -0.39 is 16.8 Å². The fourth-order valence-corrected chi connectivity index (χ4v) is 3.21. The fraction of sp³-hybridized carbons (Fsp3) is 0.333. The summed E-state index contributed by atoms with van der Waals surface area (Å²) in [5.41, 5.74) is 9.18. The van der Waals surface area contributed by atoms with Crippen molar-refractivity contribution >= 4 is 33.4 Å². The van der Waals surface area contributed by atoms with Crippen molar-refractivity contribution in [2.75, 3.05) is 16.2 Å². The highest BCUT2D eigenvalue weighted by Crippen LogP contribution is 2.33. The molecule has 0 fully saturated rings. The summed E-state index contributed by atoms with van der Waals surface area (Å²) in [4.78, 5) is 4.17. The minimum atomic E-state index is -1.30. The number of aromatic nitrogens is 3. The lowest BCUT2D eigenvalue weighted by Crippen LogP contribution is -2.07. The molecular formula is C18H24FN5OS. The van der Waals surface area contributed by atoms with Crippen LogP contribution in [-0.2, 0) is 18.0 Å². The van der Waals surface area contributed by atoms with Crippen molar-refractivity contribution in [3.8, 4) is 11.3 Å². The van der Waals surface area contributed by atoms with E-state index in [1.54, 1.807) is 29.9 Å². The first kappa shape index (κ1) is 19.8. The molecule has 26 heavy (non-hydrogen) atoms. The van der Waals surface area contributed by atoms with Gasteiger partial charge in [-0.25, -0.2) is 13.6 Å². The van der Waals surface area contributed by atoms with E-state index in [0.29, 0.717) is 28.2 Å². The molecule has 1 unspecified atom stereocenters. The van der Waals surface area contributed by atoms with Gasteiger partial charge >= 0.3 is 0 Å². The molecule has 0 bridgehead atoms. The first-order chi connectivity index (χ1) is 12.4. The first-order valence-electron chi connectivity index (χ1n) is 8.45. The van der Waals surface area contributed by atoms with Crippen molar-refractivity contribution in [1.29, 1.82) is 0 Å². The Hall–Kier alpha value is -2.48. The molecule has 0 aliphatic heterocycles. The Kier molecular flexibility index (Phi) is 6.31. The van der Waals surface area contributed by atoms with Gasteiger partial charge in [0.25, 0.3) is 0 Å². The predicted octanol–water partition coefficient (Wildman–Crippen LogP) is 3.79. The molecular weight excluding hydrogens is 353 g/mol. The number of pyridine rings is 1. The number of hydrogen-bond donors (Lipinski definition) is 2. The summed E-state index contributed by atoms with van der Waals surface area (Å²) in [6, 6.07) is 4.64. The quantitative estimate of drug-likeness (QED) is 0.724. The number of nitrogens with one attached hydrogen (secondary N) is 1. The Bertz CT molecular complexity index is 954. The molecule has 2 heterocycles. The van der Waals surface area contributed by atoms with E-state index in [9.17, 15) is 8.60 Å². The van der Waals surface area contributed by atoms with Crippen LogP contribution in [-0.4, -0.2) is 24.7 Å². The van der Waals surface area contributed by atoms with Crippen molar-refractivity contribution in [2.24, 2.45) is 7.05 Å². The van der Waals surface area contributed by atoms with Crippen molar-refractivity contribution in [3.05, 3.63) is 35.8 Å². The van der Waals surface area contributed by atoms with Crippen LogP contribution in [0.4, 0.5) is 15.9 Å². The molecule has 0 amide bonds. The van der Waals surface area contributed by atoms with E-state index in [1.165, 1.54) is 6.07 Å². The highest BCUT2D eigenvalue weighted by Gasteiger charge is 2.17. The summed E-state index contributed by atoms with van der Waals surface area (Å²) in [6.45, 7) is 7.68. The number of fused-ring (bicyclic) bond motifs is 1. The van der Waals surface area contributed by atoms with Gasteiger partial charge in [-0.05, 0) is 24.6 Å². The van der Waals surface area contributed by atoms with Gasteiger partial charge in [0.1, 0.15) is 28.3 Å². The SMILES string of the molecule is CC.CCS(=O)Nc1ccc(-c2nn(C)c3c(C)cnc(N)c23)cc1F. The molecule has 6 nitrogen and oxygen atoms in total. The maximum atomic E-state index is 14.3. The minimum Gasteiger partial charge on any atom is -0.383 e. The topological polar surface area (TPSA) is 85.8 Å². The minimum absolute atomic E-state index is 0.196. The number of halogens is 1. The third kappa shape index (κ3) is 3.70. The third-order valence-corrected chi connectivity index (χ3v) is 4.77. The summed E-state index contributed by atoms with van der Waals surface area (Å²) in [6.07, 6.45) is 1.69. The van der Waals surface area contributed by atoms with Crippen LogP contribution in [0.15, 0.2) is 24.4 Å². The van der Waals surface area contributed by atoms with Crippen LogP contribution < -0.4 is 10.5 Å². The second-order valence-electron chi connectivity index (χ2n) is 5.45. The smallest absolute Gasteiger partial charge is 0.147 e. The van der Waals surface area contributed by atoms with Gasteiger partial charge in [-0.15, -0.1) is 0 Å². The maximum absolute atomic E-state index is 14.3. The molecule has 3 rings (SSSR count). The fourth-order valence-electron chi connectivity index (χ4n) is 2.65. The highest BCUT2D eigenvalue weighted by atomic mass is 32.2. The van der Waals surface area contributed by atoms with Crippen molar-refractivity contribution < 1.29 is 8.60 Å². The van der Waals surface area contributed by atoms with Gasteiger partial charge in [0, 0.05) is 24.6 Å².